The lowest BCUT2D eigenvalue weighted by Crippen LogP contribution is -2.46. The van der Waals surface area contributed by atoms with Crippen LogP contribution in [0.3, 0.4) is 0 Å². The van der Waals surface area contributed by atoms with Crippen LogP contribution >= 0.6 is 0 Å². The number of carbonyl (C=O) groups is 10. The van der Waals surface area contributed by atoms with Gasteiger partial charge in [-0.15, -0.1) is 0 Å². The number of nitrogens with zero attached hydrogens (tertiary/aromatic N) is 8. The van der Waals surface area contributed by atoms with Gasteiger partial charge in [-0.05, 0) is 304 Å². The maximum absolute atomic E-state index is 12.3. The molecule has 8 aliphatic heterocycles. The highest BCUT2D eigenvalue weighted by Crippen LogP contribution is 2.42. The Hall–Kier alpha value is -7.48. The molecular weight excluding hydrogens is 1640 g/mol. The Kier molecular flexibility index (Phi) is 48.5. The lowest BCUT2D eigenvalue weighted by atomic mass is 9.74. The summed E-state index contributed by atoms with van der Waals surface area (Å²) >= 11 is 0. The van der Waals surface area contributed by atoms with E-state index in [2.05, 4.69) is 55.4 Å². The molecular formula is C102H178N8O19. The zero-order chi connectivity index (χ0) is 94.1. The summed E-state index contributed by atoms with van der Waals surface area (Å²) < 4.78 is 49.7. The van der Waals surface area contributed by atoms with E-state index in [1.165, 1.54) is 93.3 Å². The van der Waals surface area contributed by atoms with Gasteiger partial charge in [-0.2, -0.15) is 0 Å². The van der Waals surface area contributed by atoms with Crippen LogP contribution in [0.25, 0.3) is 0 Å². The third-order valence-electron chi connectivity index (χ3n) is 28.7. The van der Waals surface area contributed by atoms with Gasteiger partial charge in [0.1, 0.15) is 51.1 Å². The van der Waals surface area contributed by atoms with Crippen LogP contribution in [0.4, 0.5) is 38.4 Å². The molecule has 1 atom stereocenters. The molecule has 1 unspecified atom stereocenters. The minimum Gasteiger partial charge on any atom is -0.497 e. The Bertz CT molecular complexity index is 3420. The lowest BCUT2D eigenvalue weighted by Gasteiger charge is -2.41. The van der Waals surface area contributed by atoms with Crippen molar-refractivity contribution in [1.29, 1.82) is 0 Å². The molecule has 0 bridgehead atoms. The van der Waals surface area contributed by atoms with E-state index in [9.17, 15) is 47.9 Å². The fourth-order valence-corrected chi connectivity index (χ4v) is 19.2. The first-order valence-corrected chi connectivity index (χ1v) is 50.5. The van der Waals surface area contributed by atoms with Crippen LogP contribution in [0.15, 0.2) is 24.3 Å². The van der Waals surface area contributed by atoms with Crippen molar-refractivity contribution >= 4 is 60.6 Å². The van der Waals surface area contributed by atoms with E-state index in [1.807, 2.05) is 101 Å². The maximum atomic E-state index is 12.3. The van der Waals surface area contributed by atoms with Crippen LogP contribution in [0.1, 0.15) is 406 Å². The number of ether oxygens (including phenoxy) is 9. The van der Waals surface area contributed by atoms with Crippen molar-refractivity contribution in [2.24, 2.45) is 17.8 Å². The van der Waals surface area contributed by atoms with E-state index < -0.39 is 17.8 Å². The van der Waals surface area contributed by atoms with Crippen LogP contribution in [-0.2, 0) is 47.5 Å². The number of likely N-dealkylation sites (tertiary alicyclic amines) is 8. The molecule has 8 heterocycles. The molecule has 12 aliphatic rings. The molecule has 12 fully saturated rings. The summed E-state index contributed by atoms with van der Waals surface area (Å²) in [5.41, 5.74) is -1.19. The van der Waals surface area contributed by atoms with Crippen molar-refractivity contribution in [2.45, 2.75) is 440 Å². The summed E-state index contributed by atoms with van der Waals surface area (Å²) in [7, 11) is 1.63. The molecule has 740 valence electrons. The molecule has 13 rings (SSSR count). The van der Waals surface area contributed by atoms with Crippen LogP contribution in [0.5, 0.6) is 5.75 Å². The lowest BCUT2D eigenvalue weighted by molar-refractivity contribution is -0.129. The monoisotopic (exact) mass is 1820 g/mol. The highest BCUT2D eigenvalue weighted by atomic mass is 16.6. The second-order valence-corrected chi connectivity index (χ2v) is 40.0. The predicted molar refractivity (Wildman–Crippen MR) is 507 cm³/mol. The van der Waals surface area contributed by atoms with Crippen molar-refractivity contribution < 1.29 is 90.6 Å². The molecule has 4 saturated carbocycles. The summed E-state index contributed by atoms with van der Waals surface area (Å²) in [6.07, 6.45) is 43.0. The molecule has 10 amide bonds. The minimum atomic E-state index is -0.458. The maximum Gasteiger partial charge on any atom is 0.417 e. The number of methoxy groups -OCH3 is 1. The van der Waals surface area contributed by atoms with Gasteiger partial charge in [0.15, 0.2) is 0 Å². The number of imide groups is 2. The van der Waals surface area contributed by atoms with Crippen molar-refractivity contribution in [3.63, 3.8) is 0 Å². The number of rotatable bonds is 19. The average Bonchev–Trinajstić information content (AvgIpc) is 1.73. The van der Waals surface area contributed by atoms with Crippen molar-refractivity contribution in [2.75, 3.05) is 98.7 Å². The Morgan fingerprint density at radius 1 is 0.357 bits per heavy atom. The van der Waals surface area contributed by atoms with Gasteiger partial charge in [0.05, 0.1) is 7.11 Å². The Morgan fingerprint density at radius 3 is 1.01 bits per heavy atom. The number of hydrogen-bond donors (Lipinski definition) is 0. The van der Waals surface area contributed by atoms with Crippen LogP contribution in [0.2, 0.25) is 0 Å². The van der Waals surface area contributed by atoms with Crippen molar-refractivity contribution in [1.82, 2.24) is 39.2 Å². The van der Waals surface area contributed by atoms with Crippen LogP contribution in [-0.4, -0.2) is 238 Å². The predicted octanol–water partition coefficient (Wildman–Crippen LogP) is 24.7. The van der Waals surface area contributed by atoms with Gasteiger partial charge in [0.2, 0.25) is 11.8 Å². The minimum absolute atomic E-state index is 0. The number of amides is 10. The molecule has 1 aromatic carbocycles. The Labute approximate surface area is 778 Å². The van der Waals surface area contributed by atoms with Gasteiger partial charge in [0.25, 0.3) is 0 Å². The zero-order valence-electron chi connectivity index (χ0n) is 83.1. The standard InChI is InChI=1S/C16H27NO3.C14H19NO3.C14H23NO3.C14H25NO2.C12H21NO2.C12H23NO2.C10H19NO2.C9H17NO2.CH4/c1-3-16(4-2,13-9-6-5-7-10-13)20-15(19)17-12-8-11-14(17)18;1-11(12-5-7-13(17-2)8-6-12)18-14(16)15-9-3-4-10-15;1-14(2,11-7-4-3-5-8-11)18-13(17)15-10-6-9-12(15)16;1-14(2,12-8-4-3-5-9-12)17-13(16)15-10-6-7-11-15;1-2-12(7-3-4-8-12)15-11(14)13-9-5-6-10-13;1-4-12(5-2,6-3)15-11(14)13-9-7-8-10-13;1-4-10(2,3)13-9(12)11-7-5-6-8-11;1-9(2,3)12-8(11)10-6-4-5-7-10;/h13H,3-12H2,1-2H3;5-8,11H,3-4,9-10H2,1-2H3;11H,3-10H2,1-2H3;12H,3-11H2,1-2H3;2-10H2,1H3;4-10H2,1-3H3;4-8H2,1-3H3;4-7H2,1-3H3;1H4. The molecule has 0 aromatic heterocycles. The van der Waals surface area contributed by atoms with Crippen molar-refractivity contribution in [3.05, 3.63) is 29.8 Å². The first-order valence-electron chi connectivity index (χ1n) is 50.5. The van der Waals surface area contributed by atoms with E-state index in [4.69, 9.17) is 42.6 Å². The van der Waals surface area contributed by atoms with Crippen LogP contribution in [0, 0.1) is 17.8 Å². The van der Waals surface area contributed by atoms with Gasteiger partial charge in [0, 0.05) is 104 Å². The second-order valence-electron chi connectivity index (χ2n) is 40.0. The number of hydrogen-bond acceptors (Lipinski definition) is 19. The highest BCUT2D eigenvalue weighted by Gasteiger charge is 2.45. The van der Waals surface area contributed by atoms with Gasteiger partial charge in [-0.1, -0.05) is 126 Å². The normalized spacial score (nSPS) is 20.0. The van der Waals surface area contributed by atoms with E-state index in [1.54, 1.807) is 21.8 Å². The average molecular weight is 1820 g/mol. The number of carbonyl (C=O) groups excluding carboxylic acids is 10. The van der Waals surface area contributed by atoms with Gasteiger partial charge in [-0.3, -0.25) is 9.59 Å². The van der Waals surface area contributed by atoms with Crippen LogP contribution < -0.4 is 4.74 Å². The molecule has 27 heteroatoms. The quantitative estimate of drug-likeness (QED) is 0.116. The van der Waals surface area contributed by atoms with E-state index >= 15 is 0 Å². The molecule has 0 spiro atoms. The summed E-state index contributed by atoms with van der Waals surface area (Å²) in [6.45, 7) is 45.5. The summed E-state index contributed by atoms with van der Waals surface area (Å²) in [5, 5.41) is 0. The fraction of sp³-hybridized carbons (Fsp3) is 0.843. The van der Waals surface area contributed by atoms with E-state index in [0.717, 1.165) is 263 Å². The third-order valence-corrected chi connectivity index (χ3v) is 28.7. The molecule has 27 nitrogen and oxygen atoms in total. The number of benzene rings is 1. The third kappa shape index (κ3) is 37.1. The summed E-state index contributed by atoms with van der Waals surface area (Å²) in [4.78, 5) is 131. The molecule has 8 saturated heterocycles. The SMILES string of the molecule is C.CC(C)(C)OC(=O)N1CCCC1.CC(C)(OC(=O)N1CCCC1)C1CCCCC1.CC(C)(OC(=O)N1CCCC1=O)C1CCCCC1.CCC(C)(C)OC(=O)N1CCCC1.CCC(CC)(CC)OC(=O)N1CCCC1.CCC(CC)(OC(=O)N1CCCC1=O)C1CCCCC1.CCC1(OC(=O)N2CCCC2)CCCC1.COc1ccc(C(C)OC(=O)N2CCCC2)cc1. The van der Waals surface area contributed by atoms with Crippen molar-refractivity contribution in [3.8, 4) is 5.75 Å². The van der Waals surface area contributed by atoms with E-state index in [-0.39, 0.29) is 95.5 Å². The fourth-order valence-electron chi connectivity index (χ4n) is 19.2. The smallest absolute Gasteiger partial charge is 0.417 e. The van der Waals surface area contributed by atoms with Gasteiger partial charge < -0.3 is 72.0 Å². The zero-order valence-corrected chi connectivity index (χ0v) is 83.1. The Morgan fingerprint density at radius 2 is 0.682 bits per heavy atom. The molecule has 0 radical (unpaired) electrons. The van der Waals surface area contributed by atoms with E-state index in [0.29, 0.717) is 43.7 Å². The van der Waals surface area contributed by atoms with Gasteiger partial charge in [-0.25, -0.2) is 48.2 Å². The topological polar surface area (TPSA) is 280 Å². The Balaban J connectivity index is 0.000000262. The molecule has 0 N–H and O–H groups in total. The molecule has 4 aliphatic carbocycles. The molecule has 129 heavy (non-hydrogen) atoms. The largest absolute Gasteiger partial charge is 0.497 e. The van der Waals surface area contributed by atoms with Gasteiger partial charge >= 0.3 is 48.7 Å². The molecule has 1 aromatic rings. The first kappa shape index (κ1) is 112. The highest BCUT2D eigenvalue weighted by molar-refractivity contribution is 5.94. The second kappa shape index (κ2) is 55.9. The summed E-state index contributed by atoms with van der Waals surface area (Å²) in [5.74, 6) is 2.04. The summed E-state index contributed by atoms with van der Waals surface area (Å²) in [6, 6.07) is 7.58. The first-order chi connectivity index (χ1) is 60.9.